The Morgan fingerprint density at radius 3 is 2.19 bits per heavy atom. The lowest BCUT2D eigenvalue weighted by atomic mass is 9.84. The summed E-state index contributed by atoms with van der Waals surface area (Å²) in [4.78, 5) is 30.5. The van der Waals surface area contributed by atoms with Crippen LogP contribution < -0.4 is 10.9 Å². The summed E-state index contributed by atoms with van der Waals surface area (Å²) in [6.07, 6.45) is 1.40. The number of carbonyl (C=O) groups excluding carboxylic acids is 1. The molecule has 2 aromatic heterocycles. The molecule has 1 amide bonds. The van der Waals surface area contributed by atoms with E-state index in [4.69, 9.17) is 4.42 Å². The van der Waals surface area contributed by atoms with Crippen molar-refractivity contribution in [3.05, 3.63) is 113 Å². The van der Waals surface area contributed by atoms with Gasteiger partial charge in [0.25, 0.3) is 5.56 Å². The van der Waals surface area contributed by atoms with Crippen LogP contribution in [0.4, 0.5) is 0 Å². The normalized spacial score (nSPS) is 11.7. The summed E-state index contributed by atoms with van der Waals surface area (Å²) in [5.74, 6) is -0.306. The molecule has 0 saturated heterocycles. The first-order valence-corrected chi connectivity index (χ1v) is 10.3. The molecule has 0 radical (unpaired) electrons. The van der Waals surface area contributed by atoms with Gasteiger partial charge in [0.1, 0.15) is 17.6 Å². The molecule has 0 aliphatic carbocycles. The van der Waals surface area contributed by atoms with Crippen LogP contribution in [0.1, 0.15) is 18.1 Å². The summed E-state index contributed by atoms with van der Waals surface area (Å²) < 4.78 is 6.99. The van der Waals surface area contributed by atoms with E-state index in [0.29, 0.717) is 11.1 Å². The van der Waals surface area contributed by atoms with Crippen molar-refractivity contribution in [1.82, 2.24) is 14.9 Å². The molecule has 0 aliphatic heterocycles. The number of amides is 1. The van der Waals surface area contributed by atoms with Gasteiger partial charge < -0.3 is 9.73 Å². The molecule has 1 N–H and O–H groups in total. The highest BCUT2D eigenvalue weighted by atomic mass is 16.3. The Hall–Kier alpha value is -4.19. The minimum absolute atomic E-state index is 0.149. The lowest BCUT2D eigenvalue weighted by Crippen LogP contribution is -2.46. The number of benzene rings is 3. The summed E-state index contributed by atoms with van der Waals surface area (Å²) in [6.45, 7) is 1.78. The van der Waals surface area contributed by atoms with E-state index >= 15 is 0 Å². The fourth-order valence-corrected chi connectivity index (χ4v) is 4.05. The van der Waals surface area contributed by atoms with Crippen LogP contribution in [0.5, 0.6) is 0 Å². The third kappa shape index (κ3) is 3.36. The number of nitrogens with zero attached hydrogens (tertiary/aromatic N) is 2. The zero-order valence-corrected chi connectivity index (χ0v) is 17.5. The van der Waals surface area contributed by atoms with Crippen molar-refractivity contribution in [2.45, 2.75) is 19.0 Å². The third-order valence-electron chi connectivity index (χ3n) is 5.76. The average Bonchev–Trinajstić information content (AvgIpc) is 3.21. The van der Waals surface area contributed by atoms with Gasteiger partial charge in [-0.3, -0.25) is 14.2 Å². The van der Waals surface area contributed by atoms with E-state index in [0.717, 1.165) is 16.5 Å². The van der Waals surface area contributed by atoms with Gasteiger partial charge in [0, 0.05) is 5.39 Å². The second-order valence-electron chi connectivity index (χ2n) is 7.86. The standard InChI is InChI=1S/C26H21N3O3/c1-26(18-10-4-2-5-11-18,19-12-6-3-7-13-19)28-22(30)16-29-17-27-23-20-14-8-9-15-21(20)32-24(23)25(29)31/h2-15,17H,16H2,1H3,(H,28,30). The largest absolute Gasteiger partial charge is 0.448 e. The Morgan fingerprint density at radius 1 is 0.938 bits per heavy atom. The number of aromatic nitrogens is 2. The molecule has 2 heterocycles. The van der Waals surface area contributed by atoms with Gasteiger partial charge in [-0.1, -0.05) is 72.8 Å². The molecule has 0 aliphatic rings. The van der Waals surface area contributed by atoms with Gasteiger partial charge in [-0.05, 0) is 30.2 Å². The molecular formula is C26H21N3O3. The van der Waals surface area contributed by atoms with E-state index < -0.39 is 5.54 Å². The zero-order valence-electron chi connectivity index (χ0n) is 17.5. The fraction of sp³-hybridized carbons (Fsp3) is 0.115. The number of hydrogen-bond acceptors (Lipinski definition) is 4. The molecule has 0 unspecified atom stereocenters. The SMILES string of the molecule is CC(NC(=O)Cn1cnc2c(oc3ccccc32)c1=O)(c1ccccc1)c1ccccc1. The Morgan fingerprint density at radius 2 is 1.53 bits per heavy atom. The van der Waals surface area contributed by atoms with Crippen LogP contribution in [0.2, 0.25) is 0 Å². The quantitative estimate of drug-likeness (QED) is 0.459. The van der Waals surface area contributed by atoms with Crippen LogP contribution in [-0.4, -0.2) is 15.5 Å². The van der Waals surface area contributed by atoms with Gasteiger partial charge in [0.2, 0.25) is 11.5 Å². The molecule has 0 spiro atoms. The Labute approximate surface area is 184 Å². The van der Waals surface area contributed by atoms with Gasteiger partial charge >= 0.3 is 0 Å². The number of fused-ring (bicyclic) bond motifs is 3. The van der Waals surface area contributed by atoms with Gasteiger partial charge in [0.15, 0.2) is 0 Å². The van der Waals surface area contributed by atoms with Crippen LogP contribution in [0, 0.1) is 0 Å². The van der Waals surface area contributed by atoms with E-state index in [1.807, 2.05) is 85.8 Å². The molecule has 0 atom stereocenters. The van der Waals surface area contributed by atoms with E-state index in [2.05, 4.69) is 10.3 Å². The first-order valence-electron chi connectivity index (χ1n) is 10.3. The van der Waals surface area contributed by atoms with Gasteiger partial charge in [-0.15, -0.1) is 0 Å². The number of nitrogens with one attached hydrogen (secondary N) is 1. The number of rotatable bonds is 5. The van der Waals surface area contributed by atoms with Crippen molar-refractivity contribution in [2.75, 3.05) is 0 Å². The molecule has 0 fully saturated rings. The molecule has 6 heteroatoms. The second-order valence-corrected chi connectivity index (χ2v) is 7.86. The van der Waals surface area contributed by atoms with Crippen molar-refractivity contribution in [3.8, 4) is 0 Å². The van der Waals surface area contributed by atoms with Crippen molar-refractivity contribution in [1.29, 1.82) is 0 Å². The minimum atomic E-state index is -0.764. The summed E-state index contributed by atoms with van der Waals surface area (Å²) in [6, 6.07) is 26.9. The van der Waals surface area contributed by atoms with E-state index in [1.54, 1.807) is 6.07 Å². The van der Waals surface area contributed by atoms with Crippen molar-refractivity contribution in [3.63, 3.8) is 0 Å². The molecule has 5 rings (SSSR count). The average molecular weight is 423 g/mol. The first kappa shape index (κ1) is 19.8. The van der Waals surface area contributed by atoms with E-state index in [-0.39, 0.29) is 23.6 Å². The maximum atomic E-state index is 13.1. The van der Waals surface area contributed by atoms with Gasteiger partial charge in [-0.2, -0.15) is 0 Å². The second kappa shape index (κ2) is 7.81. The Balaban J connectivity index is 1.49. The first-order chi connectivity index (χ1) is 15.6. The summed E-state index contributed by atoms with van der Waals surface area (Å²) in [5, 5.41) is 3.89. The highest BCUT2D eigenvalue weighted by molar-refractivity contribution is 6.01. The Kier molecular flexibility index (Phi) is 4.82. The van der Waals surface area contributed by atoms with E-state index in [9.17, 15) is 9.59 Å². The zero-order chi connectivity index (χ0) is 22.1. The van der Waals surface area contributed by atoms with Crippen LogP contribution in [0.25, 0.3) is 22.1 Å². The molecule has 5 aromatic rings. The number of para-hydroxylation sites is 1. The lowest BCUT2D eigenvalue weighted by Gasteiger charge is -2.32. The molecule has 0 bridgehead atoms. The molecular weight excluding hydrogens is 402 g/mol. The van der Waals surface area contributed by atoms with Crippen molar-refractivity contribution < 1.29 is 9.21 Å². The predicted octanol–water partition coefficient (Wildman–Crippen LogP) is 4.22. The molecule has 0 saturated carbocycles. The van der Waals surface area contributed by atoms with Crippen LogP contribution >= 0.6 is 0 Å². The maximum Gasteiger partial charge on any atom is 0.297 e. The lowest BCUT2D eigenvalue weighted by molar-refractivity contribution is -0.123. The third-order valence-corrected chi connectivity index (χ3v) is 5.76. The predicted molar refractivity (Wildman–Crippen MR) is 123 cm³/mol. The fourth-order valence-electron chi connectivity index (χ4n) is 4.05. The highest BCUT2D eigenvalue weighted by Gasteiger charge is 2.30. The minimum Gasteiger partial charge on any atom is -0.448 e. The van der Waals surface area contributed by atoms with E-state index in [1.165, 1.54) is 10.9 Å². The smallest absolute Gasteiger partial charge is 0.297 e. The van der Waals surface area contributed by atoms with Gasteiger partial charge in [-0.25, -0.2) is 4.98 Å². The summed E-state index contributed by atoms with van der Waals surface area (Å²) in [7, 11) is 0. The van der Waals surface area contributed by atoms with Crippen LogP contribution in [0.15, 0.2) is 100 Å². The molecule has 158 valence electrons. The summed E-state index contributed by atoms with van der Waals surface area (Å²) >= 11 is 0. The summed E-state index contributed by atoms with van der Waals surface area (Å²) in [5.41, 5.74) is 1.98. The number of carbonyl (C=O) groups is 1. The topological polar surface area (TPSA) is 77.1 Å². The van der Waals surface area contributed by atoms with Crippen LogP contribution in [0.3, 0.4) is 0 Å². The molecule has 6 nitrogen and oxygen atoms in total. The molecule has 3 aromatic carbocycles. The monoisotopic (exact) mass is 423 g/mol. The number of furan rings is 1. The van der Waals surface area contributed by atoms with Crippen molar-refractivity contribution >= 4 is 28.0 Å². The molecule has 32 heavy (non-hydrogen) atoms. The Bertz CT molecular complexity index is 1430. The number of hydrogen-bond donors (Lipinski definition) is 1. The van der Waals surface area contributed by atoms with Crippen LogP contribution in [-0.2, 0) is 16.9 Å². The van der Waals surface area contributed by atoms with Gasteiger partial charge in [0.05, 0.1) is 11.9 Å². The van der Waals surface area contributed by atoms with Crippen molar-refractivity contribution in [2.24, 2.45) is 0 Å². The highest BCUT2D eigenvalue weighted by Crippen LogP contribution is 2.29. The maximum absolute atomic E-state index is 13.1.